The van der Waals surface area contributed by atoms with Crippen LogP contribution in [-0.4, -0.2) is 58.0 Å². The Hall–Kier alpha value is -1.08. The zero-order valence-electron chi connectivity index (χ0n) is 12.4. The van der Waals surface area contributed by atoms with Gasteiger partial charge in [-0.05, 0) is 26.0 Å². The Morgan fingerprint density at radius 3 is 2.38 bits per heavy atom. The number of hydrogen-bond acceptors (Lipinski definition) is 6. The van der Waals surface area contributed by atoms with Crippen LogP contribution in [0.1, 0.15) is 13.8 Å². The summed E-state index contributed by atoms with van der Waals surface area (Å²) in [5.74, 6) is 2.22. The Balaban J connectivity index is 0.000000567. The minimum absolute atomic E-state index is 0.174. The van der Waals surface area contributed by atoms with Gasteiger partial charge in [0.2, 0.25) is 0 Å². The Labute approximate surface area is 130 Å². The van der Waals surface area contributed by atoms with Crippen molar-refractivity contribution in [2.24, 2.45) is 0 Å². The maximum absolute atomic E-state index is 9.58. The van der Waals surface area contributed by atoms with E-state index in [1.807, 2.05) is 30.3 Å². The average molecular weight is 316 g/mol. The molecule has 1 unspecified atom stereocenters. The predicted molar refractivity (Wildman–Crippen MR) is 84.7 cm³/mol. The topological polar surface area (TPSA) is 87.0 Å². The number of ether oxygens (including phenoxy) is 1. The molecule has 6 heteroatoms. The van der Waals surface area contributed by atoms with E-state index < -0.39 is 11.7 Å². The second-order valence-corrected chi connectivity index (χ2v) is 5.99. The Bertz CT molecular complexity index is 364. The van der Waals surface area contributed by atoms with Crippen LogP contribution in [0.4, 0.5) is 0 Å². The number of aliphatic hydroxyl groups is 3. The van der Waals surface area contributed by atoms with E-state index in [4.69, 9.17) is 20.1 Å². The fourth-order valence-corrected chi connectivity index (χ4v) is 1.75. The van der Waals surface area contributed by atoms with E-state index >= 15 is 0 Å². The molecule has 0 amide bonds. The predicted octanol–water partition coefficient (Wildman–Crippen LogP) is 1.11. The highest BCUT2D eigenvalue weighted by molar-refractivity contribution is 7.99. The summed E-state index contributed by atoms with van der Waals surface area (Å²) in [6, 6.07) is 9.62. The first-order chi connectivity index (χ1) is 9.89. The first-order valence-electron chi connectivity index (χ1n) is 6.62. The number of carbonyl (C=O) groups is 1. The molecule has 0 heterocycles. The van der Waals surface area contributed by atoms with Gasteiger partial charge in [0.05, 0.1) is 19.3 Å². The molecule has 1 aromatic carbocycles. The number of aldehydes is 1. The van der Waals surface area contributed by atoms with Crippen molar-refractivity contribution in [3.63, 3.8) is 0 Å². The van der Waals surface area contributed by atoms with Crippen molar-refractivity contribution in [2.45, 2.75) is 25.6 Å². The van der Waals surface area contributed by atoms with E-state index in [9.17, 15) is 4.79 Å². The van der Waals surface area contributed by atoms with Gasteiger partial charge in [-0.1, -0.05) is 18.2 Å². The van der Waals surface area contributed by atoms with Crippen LogP contribution in [0.3, 0.4) is 0 Å². The molecule has 1 aromatic rings. The van der Waals surface area contributed by atoms with Crippen LogP contribution >= 0.6 is 11.8 Å². The molecule has 0 spiro atoms. The molecule has 21 heavy (non-hydrogen) atoms. The van der Waals surface area contributed by atoms with Gasteiger partial charge in [-0.25, -0.2) is 0 Å². The molecule has 120 valence electrons. The van der Waals surface area contributed by atoms with Gasteiger partial charge in [-0.3, -0.25) is 0 Å². The van der Waals surface area contributed by atoms with Crippen LogP contribution in [-0.2, 0) is 4.79 Å². The molecule has 0 radical (unpaired) electrons. The lowest BCUT2D eigenvalue weighted by Gasteiger charge is -2.07. The second-order valence-electron chi connectivity index (χ2n) is 4.84. The van der Waals surface area contributed by atoms with Crippen molar-refractivity contribution >= 4 is 18.0 Å². The maximum Gasteiger partial charge on any atom is 0.150 e. The van der Waals surface area contributed by atoms with Gasteiger partial charge in [0.1, 0.15) is 11.4 Å². The van der Waals surface area contributed by atoms with Crippen LogP contribution < -0.4 is 4.74 Å². The number of benzene rings is 1. The summed E-state index contributed by atoms with van der Waals surface area (Å²) in [4.78, 5) is 9.58. The Kier molecular flexibility index (Phi) is 11.0. The fraction of sp³-hybridized carbons (Fsp3) is 0.533. The van der Waals surface area contributed by atoms with Crippen molar-refractivity contribution in [3.05, 3.63) is 30.3 Å². The summed E-state index contributed by atoms with van der Waals surface area (Å²) in [6.45, 7) is 3.30. The molecular weight excluding hydrogens is 292 g/mol. The van der Waals surface area contributed by atoms with E-state index in [2.05, 4.69) is 0 Å². The number of aliphatic hydroxyl groups excluding tert-OH is 2. The number of hydrogen-bond donors (Lipinski definition) is 3. The SMILES string of the molecule is CC(C)(O)C=O.OCC(O)CSCCOc1ccccc1. The van der Waals surface area contributed by atoms with E-state index in [1.54, 1.807) is 11.8 Å². The third kappa shape index (κ3) is 13.7. The van der Waals surface area contributed by atoms with Crippen molar-refractivity contribution in [3.8, 4) is 5.75 Å². The van der Waals surface area contributed by atoms with Crippen molar-refractivity contribution in [1.82, 2.24) is 0 Å². The molecule has 0 bridgehead atoms. The Morgan fingerprint density at radius 1 is 1.33 bits per heavy atom. The summed E-state index contributed by atoms with van der Waals surface area (Å²) in [5, 5.41) is 26.1. The van der Waals surface area contributed by atoms with Crippen LogP contribution in [0.2, 0.25) is 0 Å². The number of rotatable bonds is 8. The van der Waals surface area contributed by atoms with Crippen molar-refractivity contribution in [1.29, 1.82) is 0 Å². The smallest absolute Gasteiger partial charge is 0.150 e. The summed E-state index contributed by atoms with van der Waals surface area (Å²) >= 11 is 1.57. The standard InChI is InChI=1S/C11H16O3S.C4H8O2/c12-8-10(13)9-15-7-6-14-11-4-2-1-3-5-11;1-4(2,6)3-5/h1-5,10,12-13H,6-9H2;3,6H,1-2H3. The van der Waals surface area contributed by atoms with Gasteiger partial charge < -0.3 is 24.9 Å². The molecule has 0 saturated carbocycles. The van der Waals surface area contributed by atoms with Crippen LogP contribution in [0.5, 0.6) is 5.75 Å². The minimum atomic E-state index is -1.14. The lowest BCUT2D eigenvalue weighted by molar-refractivity contribution is -0.120. The number of thioether (sulfide) groups is 1. The normalized spacial score (nSPS) is 12.0. The minimum Gasteiger partial charge on any atom is -0.493 e. The molecule has 1 atom stereocenters. The first kappa shape index (κ1) is 19.9. The molecule has 0 aliphatic heterocycles. The quantitative estimate of drug-likeness (QED) is 0.492. The molecule has 0 aliphatic rings. The molecule has 5 nitrogen and oxygen atoms in total. The summed E-state index contributed by atoms with van der Waals surface area (Å²) in [7, 11) is 0. The van der Waals surface area contributed by atoms with Gasteiger partial charge in [0.25, 0.3) is 0 Å². The molecule has 3 N–H and O–H groups in total. The maximum atomic E-state index is 9.58. The zero-order chi connectivity index (χ0) is 16.1. The van der Waals surface area contributed by atoms with Gasteiger partial charge >= 0.3 is 0 Å². The van der Waals surface area contributed by atoms with Gasteiger partial charge in [0.15, 0.2) is 6.29 Å². The van der Waals surface area contributed by atoms with E-state index in [-0.39, 0.29) is 6.61 Å². The van der Waals surface area contributed by atoms with Crippen molar-refractivity contribution in [2.75, 3.05) is 24.7 Å². The summed E-state index contributed by atoms with van der Waals surface area (Å²) < 4.78 is 5.46. The largest absolute Gasteiger partial charge is 0.493 e. The molecule has 0 aromatic heterocycles. The highest BCUT2D eigenvalue weighted by atomic mass is 32.2. The number of para-hydroxylation sites is 1. The highest BCUT2D eigenvalue weighted by Crippen LogP contribution is 2.09. The highest BCUT2D eigenvalue weighted by Gasteiger charge is 2.07. The van der Waals surface area contributed by atoms with Crippen molar-refractivity contribution < 1.29 is 24.9 Å². The lowest BCUT2D eigenvalue weighted by Crippen LogP contribution is -2.19. The number of carbonyl (C=O) groups excluding carboxylic acids is 1. The Morgan fingerprint density at radius 2 is 1.90 bits per heavy atom. The molecule has 0 aliphatic carbocycles. The third-order valence-corrected chi connectivity index (χ3v) is 3.12. The zero-order valence-corrected chi connectivity index (χ0v) is 13.3. The fourth-order valence-electron chi connectivity index (χ4n) is 1.01. The van der Waals surface area contributed by atoms with Crippen LogP contribution in [0.25, 0.3) is 0 Å². The molecule has 0 fully saturated rings. The van der Waals surface area contributed by atoms with Gasteiger partial charge in [0, 0.05) is 11.5 Å². The van der Waals surface area contributed by atoms with E-state index in [1.165, 1.54) is 13.8 Å². The van der Waals surface area contributed by atoms with Gasteiger partial charge in [-0.15, -0.1) is 0 Å². The van der Waals surface area contributed by atoms with E-state index in [0.29, 0.717) is 18.6 Å². The summed E-state index contributed by atoms with van der Waals surface area (Å²) in [5.41, 5.74) is -1.14. The monoisotopic (exact) mass is 316 g/mol. The first-order valence-corrected chi connectivity index (χ1v) is 7.77. The average Bonchev–Trinajstić information content (AvgIpc) is 2.47. The second kappa shape index (κ2) is 11.6. The third-order valence-electron chi connectivity index (χ3n) is 2.05. The molecular formula is C15H24O5S. The van der Waals surface area contributed by atoms with Crippen LogP contribution in [0.15, 0.2) is 30.3 Å². The lowest BCUT2D eigenvalue weighted by atomic mass is 10.2. The van der Waals surface area contributed by atoms with Gasteiger partial charge in [-0.2, -0.15) is 11.8 Å². The van der Waals surface area contributed by atoms with E-state index in [0.717, 1.165) is 11.5 Å². The van der Waals surface area contributed by atoms with Crippen LogP contribution in [0, 0.1) is 0 Å². The molecule has 1 rings (SSSR count). The summed E-state index contributed by atoms with van der Waals surface area (Å²) in [6.07, 6.45) is -0.126. The molecule has 0 saturated heterocycles.